The van der Waals surface area contributed by atoms with E-state index < -0.39 is 0 Å². The van der Waals surface area contributed by atoms with Gasteiger partial charge in [-0.3, -0.25) is 15.6 Å². The second-order valence-corrected chi connectivity index (χ2v) is 6.16. The van der Waals surface area contributed by atoms with E-state index in [-0.39, 0.29) is 24.0 Å². The zero-order chi connectivity index (χ0) is 16.6. The molecule has 2 heterocycles. The van der Waals surface area contributed by atoms with E-state index in [9.17, 15) is 4.79 Å². The highest BCUT2D eigenvalue weighted by Gasteiger charge is 2.32. The summed E-state index contributed by atoms with van der Waals surface area (Å²) >= 11 is 6.19. The predicted octanol–water partition coefficient (Wildman–Crippen LogP) is 1.21. The Morgan fingerprint density at radius 1 is 1.26 bits per heavy atom. The largest absolute Gasteiger partial charge is 0.345 e. The van der Waals surface area contributed by atoms with Crippen molar-refractivity contribution in [2.75, 3.05) is 0 Å². The van der Waals surface area contributed by atoms with Gasteiger partial charge in [-0.15, -0.1) is 5.10 Å². The van der Waals surface area contributed by atoms with Crippen LogP contribution in [-0.4, -0.2) is 39.0 Å². The zero-order valence-corrected chi connectivity index (χ0v) is 13.9. The molecule has 1 aromatic heterocycles. The van der Waals surface area contributed by atoms with Gasteiger partial charge in [-0.1, -0.05) is 28.9 Å². The molecule has 0 bridgehead atoms. The Morgan fingerprint density at radius 3 is 2.57 bits per heavy atom. The summed E-state index contributed by atoms with van der Waals surface area (Å²) in [5.74, 6) is -0.241. The van der Waals surface area contributed by atoms with Crippen LogP contribution in [0.3, 0.4) is 0 Å². The first-order chi connectivity index (χ1) is 11.0. The third kappa shape index (κ3) is 2.95. The van der Waals surface area contributed by atoms with Gasteiger partial charge in [0, 0.05) is 12.1 Å². The van der Waals surface area contributed by atoms with Gasteiger partial charge in [0.25, 0.3) is 5.91 Å². The summed E-state index contributed by atoms with van der Waals surface area (Å²) in [6, 6.07) is 7.56. The maximum absolute atomic E-state index is 12.5. The van der Waals surface area contributed by atoms with Crippen molar-refractivity contribution in [1.82, 2.24) is 31.2 Å². The number of benzene rings is 1. The third-order valence-electron chi connectivity index (χ3n) is 4.10. The number of hydrogen-bond donors (Lipinski definition) is 3. The summed E-state index contributed by atoms with van der Waals surface area (Å²) in [6.45, 7) is 5.82. The van der Waals surface area contributed by atoms with Gasteiger partial charge in [-0.05, 0) is 32.9 Å². The Bertz CT molecular complexity index is 721. The number of hydrogen-bond acceptors (Lipinski definition) is 5. The van der Waals surface area contributed by atoms with E-state index in [2.05, 4.69) is 26.5 Å². The van der Waals surface area contributed by atoms with Crippen molar-refractivity contribution in [1.29, 1.82) is 0 Å². The van der Waals surface area contributed by atoms with Crippen LogP contribution in [0.5, 0.6) is 0 Å². The van der Waals surface area contributed by atoms with Gasteiger partial charge in [-0.2, -0.15) is 0 Å². The summed E-state index contributed by atoms with van der Waals surface area (Å²) in [5, 5.41) is 11.7. The molecular weight excluding hydrogens is 316 g/mol. The van der Waals surface area contributed by atoms with Crippen LogP contribution in [0.2, 0.25) is 5.02 Å². The lowest BCUT2D eigenvalue weighted by Gasteiger charge is -2.19. The maximum Gasteiger partial charge on any atom is 0.274 e. The molecule has 2 aromatic rings. The van der Waals surface area contributed by atoms with E-state index in [1.54, 1.807) is 17.7 Å². The van der Waals surface area contributed by atoms with E-state index in [0.29, 0.717) is 22.1 Å². The number of hydrazine groups is 1. The van der Waals surface area contributed by atoms with Crippen LogP contribution in [0.15, 0.2) is 24.3 Å². The first kappa shape index (κ1) is 15.9. The summed E-state index contributed by atoms with van der Waals surface area (Å²) in [6.07, 6.45) is 0. The van der Waals surface area contributed by atoms with E-state index >= 15 is 0 Å². The Morgan fingerprint density at radius 2 is 1.91 bits per heavy atom. The maximum atomic E-state index is 12.5. The van der Waals surface area contributed by atoms with Gasteiger partial charge >= 0.3 is 0 Å². The van der Waals surface area contributed by atoms with E-state index in [1.807, 2.05) is 32.0 Å². The van der Waals surface area contributed by atoms with E-state index in [4.69, 9.17) is 11.6 Å². The molecule has 0 radical (unpaired) electrons. The normalized spacial score (nSPS) is 23.9. The van der Waals surface area contributed by atoms with Crippen LogP contribution >= 0.6 is 11.6 Å². The minimum atomic E-state index is -0.241. The molecule has 1 saturated heterocycles. The Labute approximate surface area is 139 Å². The second kappa shape index (κ2) is 6.27. The van der Waals surface area contributed by atoms with Crippen molar-refractivity contribution in [2.45, 2.75) is 38.9 Å². The third-order valence-corrected chi connectivity index (χ3v) is 4.42. The number of rotatable bonds is 3. The highest BCUT2D eigenvalue weighted by Crippen LogP contribution is 2.21. The molecule has 2 atom stereocenters. The lowest BCUT2D eigenvalue weighted by Crippen LogP contribution is -2.46. The van der Waals surface area contributed by atoms with Crippen LogP contribution in [0.4, 0.5) is 0 Å². The smallest absolute Gasteiger partial charge is 0.274 e. The monoisotopic (exact) mass is 334 g/mol. The molecule has 0 aliphatic carbocycles. The molecule has 3 rings (SSSR count). The number of halogens is 1. The van der Waals surface area contributed by atoms with Gasteiger partial charge in [0.1, 0.15) is 0 Å². The highest BCUT2D eigenvalue weighted by molar-refractivity contribution is 6.32. The molecule has 2 unspecified atom stereocenters. The molecule has 1 aliphatic heterocycles. The van der Waals surface area contributed by atoms with Crippen molar-refractivity contribution >= 4 is 17.5 Å². The summed E-state index contributed by atoms with van der Waals surface area (Å²) < 4.78 is 1.58. The second-order valence-electron chi connectivity index (χ2n) is 5.75. The molecule has 1 fully saturated rings. The summed E-state index contributed by atoms with van der Waals surface area (Å²) in [4.78, 5) is 12.5. The standard InChI is InChI=1S/C15H19ClN6O/c1-8-13(9(2)19-18-8)17-15(23)14-10(3)22(21-20-14)12-7-5-4-6-11(12)16/h4-9,13,18-19H,1-3H3,(H,17,23). The van der Waals surface area contributed by atoms with Crippen molar-refractivity contribution < 1.29 is 4.79 Å². The lowest BCUT2D eigenvalue weighted by molar-refractivity contribution is 0.0926. The number of amides is 1. The first-order valence-electron chi connectivity index (χ1n) is 7.48. The Balaban J connectivity index is 1.85. The molecule has 0 spiro atoms. The molecule has 23 heavy (non-hydrogen) atoms. The van der Waals surface area contributed by atoms with E-state index in [0.717, 1.165) is 0 Å². The fourth-order valence-corrected chi connectivity index (χ4v) is 2.95. The molecular formula is C15H19ClN6O. The number of nitrogens with zero attached hydrogens (tertiary/aromatic N) is 3. The molecule has 122 valence electrons. The molecule has 0 saturated carbocycles. The van der Waals surface area contributed by atoms with Crippen LogP contribution in [0.1, 0.15) is 30.0 Å². The first-order valence-corrected chi connectivity index (χ1v) is 7.86. The molecule has 1 aliphatic rings. The molecule has 7 nitrogen and oxygen atoms in total. The lowest BCUT2D eigenvalue weighted by atomic mass is 10.1. The number of carbonyl (C=O) groups excluding carboxylic acids is 1. The average molecular weight is 335 g/mol. The van der Waals surface area contributed by atoms with Gasteiger partial charge in [0.15, 0.2) is 5.69 Å². The van der Waals surface area contributed by atoms with Gasteiger partial charge < -0.3 is 5.32 Å². The average Bonchev–Trinajstić information content (AvgIpc) is 3.05. The minimum Gasteiger partial charge on any atom is -0.345 e. The SMILES string of the molecule is Cc1c(C(=O)NC2C(C)NNC2C)nnn1-c1ccccc1Cl. The van der Waals surface area contributed by atoms with Gasteiger partial charge in [0.05, 0.1) is 22.4 Å². The van der Waals surface area contributed by atoms with Crippen molar-refractivity contribution in [2.24, 2.45) is 0 Å². The fourth-order valence-electron chi connectivity index (χ4n) is 2.74. The Hall–Kier alpha value is -1.96. The molecule has 1 amide bonds. The van der Waals surface area contributed by atoms with Crippen molar-refractivity contribution in [3.8, 4) is 5.69 Å². The quantitative estimate of drug-likeness (QED) is 0.786. The van der Waals surface area contributed by atoms with Crippen LogP contribution in [0, 0.1) is 6.92 Å². The molecule has 8 heteroatoms. The number of carbonyl (C=O) groups is 1. The van der Waals surface area contributed by atoms with Crippen molar-refractivity contribution in [3.05, 3.63) is 40.7 Å². The fraction of sp³-hybridized carbons (Fsp3) is 0.400. The van der Waals surface area contributed by atoms with Crippen LogP contribution in [-0.2, 0) is 0 Å². The summed E-state index contributed by atoms with van der Waals surface area (Å²) in [5.41, 5.74) is 7.86. The number of nitrogens with one attached hydrogen (secondary N) is 3. The number of para-hydroxylation sites is 1. The van der Waals surface area contributed by atoms with E-state index in [1.165, 1.54) is 0 Å². The predicted molar refractivity (Wildman–Crippen MR) is 87.6 cm³/mol. The Kier molecular flexibility index (Phi) is 4.34. The van der Waals surface area contributed by atoms with Gasteiger partial charge in [0.2, 0.25) is 0 Å². The highest BCUT2D eigenvalue weighted by atomic mass is 35.5. The minimum absolute atomic E-state index is 0.0210. The molecule has 1 aromatic carbocycles. The van der Waals surface area contributed by atoms with Crippen LogP contribution < -0.4 is 16.2 Å². The van der Waals surface area contributed by atoms with Gasteiger partial charge in [-0.25, -0.2) is 4.68 Å². The molecule has 3 N–H and O–H groups in total. The van der Waals surface area contributed by atoms with Crippen molar-refractivity contribution in [3.63, 3.8) is 0 Å². The zero-order valence-electron chi connectivity index (χ0n) is 13.2. The summed E-state index contributed by atoms with van der Waals surface area (Å²) in [7, 11) is 0. The van der Waals surface area contributed by atoms with Crippen LogP contribution in [0.25, 0.3) is 5.69 Å². The topological polar surface area (TPSA) is 83.9 Å². The number of aromatic nitrogens is 3.